The van der Waals surface area contributed by atoms with Crippen LogP contribution in [0.15, 0.2) is 42.5 Å². The van der Waals surface area contributed by atoms with E-state index in [0.717, 1.165) is 16.7 Å². The van der Waals surface area contributed by atoms with Gasteiger partial charge in [-0.05, 0) is 54.7 Å². The van der Waals surface area contributed by atoms with E-state index >= 15 is 0 Å². The Balaban J connectivity index is 2.03. The molecule has 5 nitrogen and oxygen atoms in total. The molecule has 0 saturated heterocycles. The first-order chi connectivity index (χ1) is 12.4. The van der Waals surface area contributed by atoms with E-state index in [0.29, 0.717) is 12.0 Å². The lowest BCUT2D eigenvalue weighted by Gasteiger charge is -2.17. The highest BCUT2D eigenvalue weighted by Gasteiger charge is 2.17. The van der Waals surface area contributed by atoms with Crippen LogP contribution in [-0.2, 0) is 22.4 Å². The van der Waals surface area contributed by atoms with Gasteiger partial charge in [-0.25, -0.2) is 0 Å². The van der Waals surface area contributed by atoms with E-state index in [2.05, 4.69) is 5.32 Å². The smallest absolute Gasteiger partial charge is 0.305 e. The van der Waals surface area contributed by atoms with Gasteiger partial charge in [-0.15, -0.1) is 0 Å². The number of aryl methyl sites for hydroxylation is 2. The predicted molar refractivity (Wildman–Crippen MR) is 98.7 cm³/mol. The number of nitrogens with zero attached hydrogens (tertiary/aromatic N) is 1. The summed E-state index contributed by atoms with van der Waals surface area (Å²) in [5, 5.41) is 20.8. The topological polar surface area (TPSA) is 90.2 Å². The lowest BCUT2D eigenvalue weighted by atomic mass is 10.0. The minimum absolute atomic E-state index is 0.154. The normalized spacial score (nSPS) is 11.4. The fraction of sp³-hybridized carbons (Fsp3) is 0.286. The second-order valence-electron chi connectivity index (χ2n) is 6.47. The van der Waals surface area contributed by atoms with Gasteiger partial charge in [0.2, 0.25) is 5.91 Å². The van der Waals surface area contributed by atoms with Gasteiger partial charge >= 0.3 is 5.97 Å². The zero-order valence-corrected chi connectivity index (χ0v) is 15.0. The van der Waals surface area contributed by atoms with E-state index < -0.39 is 12.0 Å². The van der Waals surface area contributed by atoms with E-state index in [1.165, 1.54) is 5.56 Å². The number of carboxylic acids is 1. The molecule has 134 valence electrons. The van der Waals surface area contributed by atoms with Crippen molar-refractivity contribution in [2.75, 3.05) is 0 Å². The number of carbonyl (C=O) groups excluding carboxylic acids is 1. The van der Waals surface area contributed by atoms with Crippen LogP contribution in [-0.4, -0.2) is 23.0 Å². The minimum Gasteiger partial charge on any atom is -0.481 e. The average molecular weight is 350 g/mol. The molecule has 0 aliphatic heterocycles. The van der Waals surface area contributed by atoms with Crippen LogP contribution in [0.1, 0.15) is 34.2 Å². The molecule has 2 N–H and O–H groups in total. The van der Waals surface area contributed by atoms with Crippen LogP contribution in [0.4, 0.5) is 0 Å². The molecule has 0 saturated carbocycles. The third-order valence-electron chi connectivity index (χ3n) is 4.29. The molecule has 2 rings (SSSR count). The first kappa shape index (κ1) is 19.2. The van der Waals surface area contributed by atoms with Gasteiger partial charge in [0.1, 0.15) is 0 Å². The molecule has 0 bridgehead atoms. The molecule has 0 radical (unpaired) electrons. The second kappa shape index (κ2) is 8.82. The summed E-state index contributed by atoms with van der Waals surface area (Å²) in [6.45, 7) is 4.01. The molecular weight excluding hydrogens is 328 g/mol. The van der Waals surface area contributed by atoms with Crippen molar-refractivity contribution in [2.24, 2.45) is 0 Å². The summed E-state index contributed by atoms with van der Waals surface area (Å²) in [5.74, 6) is -1.16. The van der Waals surface area contributed by atoms with Crippen LogP contribution >= 0.6 is 0 Å². The molecule has 1 unspecified atom stereocenters. The Kier molecular flexibility index (Phi) is 6.51. The van der Waals surface area contributed by atoms with Crippen molar-refractivity contribution in [3.05, 3.63) is 70.3 Å². The Labute approximate surface area is 153 Å². The summed E-state index contributed by atoms with van der Waals surface area (Å²) in [6, 6.07) is 14.3. The number of rotatable bonds is 7. The van der Waals surface area contributed by atoms with Crippen molar-refractivity contribution in [1.82, 2.24) is 5.32 Å². The number of hydrogen-bond acceptors (Lipinski definition) is 3. The molecule has 0 spiro atoms. The molecule has 26 heavy (non-hydrogen) atoms. The van der Waals surface area contributed by atoms with Crippen LogP contribution < -0.4 is 5.32 Å². The van der Waals surface area contributed by atoms with Crippen LogP contribution in [0, 0.1) is 25.2 Å². The zero-order chi connectivity index (χ0) is 19.1. The number of nitrogens with one attached hydrogen (secondary N) is 1. The van der Waals surface area contributed by atoms with Gasteiger partial charge in [0, 0.05) is 6.04 Å². The van der Waals surface area contributed by atoms with Gasteiger partial charge in [0.25, 0.3) is 0 Å². The van der Waals surface area contributed by atoms with Crippen LogP contribution in [0.3, 0.4) is 0 Å². The van der Waals surface area contributed by atoms with Gasteiger partial charge in [-0.3, -0.25) is 9.59 Å². The Bertz CT molecular complexity index is 835. The average Bonchev–Trinajstić information content (AvgIpc) is 2.58. The lowest BCUT2D eigenvalue weighted by molar-refractivity contribution is -0.137. The number of hydrogen-bond donors (Lipinski definition) is 2. The lowest BCUT2D eigenvalue weighted by Crippen LogP contribution is -2.39. The molecule has 1 amide bonds. The fourth-order valence-corrected chi connectivity index (χ4v) is 2.76. The number of nitriles is 1. The van der Waals surface area contributed by atoms with Crippen molar-refractivity contribution in [2.45, 2.75) is 39.2 Å². The largest absolute Gasteiger partial charge is 0.481 e. The first-order valence-electron chi connectivity index (χ1n) is 8.43. The molecule has 2 aromatic rings. The molecule has 0 heterocycles. The monoisotopic (exact) mass is 350 g/mol. The maximum absolute atomic E-state index is 12.3. The van der Waals surface area contributed by atoms with Gasteiger partial charge in [0.05, 0.1) is 24.5 Å². The van der Waals surface area contributed by atoms with Gasteiger partial charge in [-0.2, -0.15) is 5.26 Å². The fourth-order valence-electron chi connectivity index (χ4n) is 2.76. The summed E-state index contributed by atoms with van der Waals surface area (Å²) in [5.41, 5.74) is 4.61. The van der Waals surface area contributed by atoms with Crippen molar-refractivity contribution in [3.63, 3.8) is 0 Å². The minimum atomic E-state index is -0.963. The van der Waals surface area contributed by atoms with Gasteiger partial charge in [0.15, 0.2) is 0 Å². The van der Waals surface area contributed by atoms with E-state index in [-0.39, 0.29) is 18.7 Å². The van der Waals surface area contributed by atoms with Crippen LogP contribution in [0.5, 0.6) is 0 Å². The standard InChI is InChI=1S/C21H22N2O3/c1-14-3-4-18(9-15(14)2)11-20(24)23-19(12-21(25)26)10-16-5-7-17(13-22)8-6-16/h3-9,19H,10-12H2,1-2H3,(H,23,24)(H,25,26). The number of amides is 1. The third-order valence-corrected chi connectivity index (χ3v) is 4.29. The van der Waals surface area contributed by atoms with Crippen molar-refractivity contribution in [3.8, 4) is 6.07 Å². The first-order valence-corrected chi connectivity index (χ1v) is 8.43. The van der Waals surface area contributed by atoms with E-state index in [4.69, 9.17) is 10.4 Å². The highest BCUT2D eigenvalue weighted by Crippen LogP contribution is 2.12. The Hall–Kier alpha value is -3.13. The molecule has 5 heteroatoms. The Morgan fingerprint density at radius 2 is 1.73 bits per heavy atom. The summed E-state index contributed by atoms with van der Waals surface area (Å²) < 4.78 is 0. The number of benzene rings is 2. The third kappa shape index (κ3) is 5.75. The van der Waals surface area contributed by atoms with Gasteiger partial charge in [-0.1, -0.05) is 30.3 Å². The van der Waals surface area contributed by atoms with Crippen molar-refractivity contribution < 1.29 is 14.7 Å². The molecule has 1 atom stereocenters. The van der Waals surface area contributed by atoms with Crippen LogP contribution in [0.25, 0.3) is 0 Å². The van der Waals surface area contributed by atoms with Crippen molar-refractivity contribution in [1.29, 1.82) is 5.26 Å². The highest BCUT2D eigenvalue weighted by atomic mass is 16.4. The van der Waals surface area contributed by atoms with Gasteiger partial charge < -0.3 is 10.4 Å². The molecule has 0 aromatic heterocycles. The maximum atomic E-state index is 12.3. The molecule has 0 fully saturated rings. The quantitative estimate of drug-likeness (QED) is 0.803. The molecule has 2 aromatic carbocycles. The summed E-state index contributed by atoms with van der Waals surface area (Å²) in [4.78, 5) is 23.5. The number of aliphatic carboxylic acids is 1. The number of carboxylic acid groups (broad SMARTS) is 1. The summed E-state index contributed by atoms with van der Waals surface area (Å²) in [6.07, 6.45) is 0.458. The Morgan fingerprint density at radius 1 is 1.08 bits per heavy atom. The maximum Gasteiger partial charge on any atom is 0.305 e. The Morgan fingerprint density at radius 3 is 2.31 bits per heavy atom. The SMILES string of the molecule is Cc1ccc(CC(=O)NC(CC(=O)O)Cc2ccc(C#N)cc2)cc1C. The summed E-state index contributed by atoms with van der Waals surface area (Å²) >= 11 is 0. The highest BCUT2D eigenvalue weighted by molar-refractivity contribution is 5.79. The molecular formula is C21H22N2O3. The van der Waals surface area contributed by atoms with E-state index in [1.54, 1.807) is 24.3 Å². The predicted octanol–water partition coefficient (Wildman–Crippen LogP) is 2.92. The van der Waals surface area contributed by atoms with E-state index in [9.17, 15) is 9.59 Å². The van der Waals surface area contributed by atoms with Crippen molar-refractivity contribution >= 4 is 11.9 Å². The number of carbonyl (C=O) groups is 2. The zero-order valence-electron chi connectivity index (χ0n) is 15.0. The second-order valence-corrected chi connectivity index (χ2v) is 6.47. The molecule has 0 aliphatic rings. The molecule has 0 aliphatic carbocycles. The summed E-state index contributed by atoms with van der Waals surface area (Å²) in [7, 11) is 0. The van der Waals surface area contributed by atoms with E-state index in [1.807, 2.05) is 38.1 Å². The van der Waals surface area contributed by atoms with Crippen LogP contribution in [0.2, 0.25) is 0 Å².